The lowest BCUT2D eigenvalue weighted by Crippen LogP contribution is -2.37. The molecule has 4 rings (SSSR count). The van der Waals surface area contributed by atoms with Crippen molar-refractivity contribution in [3.05, 3.63) is 53.9 Å². The fraction of sp³-hybridized carbons (Fsp3) is 0.409. The Bertz CT molecular complexity index is 1130. The van der Waals surface area contributed by atoms with E-state index in [9.17, 15) is 18.7 Å². The van der Waals surface area contributed by atoms with E-state index in [1.54, 1.807) is 12.3 Å². The van der Waals surface area contributed by atoms with Crippen LogP contribution in [-0.2, 0) is 0 Å². The second-order valence-electron chi connectivity index (χ2n) is 8.65. The summed E-state index contributed by atoms with van der Waals surface area (Å²) in [4.78, 5) is 18.7. The second-order valence-corrected chi connectivity index (χ2v) is 8.65. The fourth-order valence-corrected chi connectivity index (χ4v) is 3.71. The van der Waals surface area contributed by atoms with Gasteiger partial charge in [0.1, 0.15) is 17.5 Å². The van der Waals surface area contributed by atoms with Crippen molar-refractivity contribution in [2.75, 3.05) is 24.6 Å². The van der Waals surface area contributed by atoms with Gasteiger partial charge in [-0.15, -0.1) is 0 Å². The number of nitrogens with zero attached hydrogens (tertiary/aromatic N) is 4. The van der Waals surface area contributed by atoms with Gasteiger partial charge in [0.2, 0.25) is 5.65 Å². The summed E-state index contributed by atoms with van der Waals surface area (Å²) in [7, 11) is 0. The maximum Gasteiger partial charge on any atom is 0.412 e. The fourth-order valence-electron chi connectivity index (χ4n) is 3.71. The molecule has 2 aromatic heterocycles. The molecule has 8 nitrogen and oxygen atoms in total. The summed E-state index contributed by atoms with van der Waals surface area (Å²) in [5, 5.41) is 16.1. The number of carbonyl (C=O) groups excluding carboxylic acids is 1. The number of aliphatic hydroxyl groups is 1. The number of rotatable bonds is 6. The molecular formula is C22H25F2N5O3. The predicted octanol–water partition coefficient (Wildman–Crippen LogP) is 3.46. The van der Waals surface area contributed by atoms with Gasteiger partial charge in [-0.05, 0) is 37.1 Å². The van der Waals surface area contributed by atoms with Gasteiger partial charge >= 0.3 is 6.09 Å². The molecule has 1 amide bonds. The number of aromatic nitrogens is 3. The van der Waals surface area contributed by atoms with Crippen LogP contribution >= 0.6 is 0 Å². The monoisotopic (exact) mass is 445 g/mol. The summed E-state index contributed by atoms with van der Waals surface area (Å²) < 4.78 is 35.0. The van der Waals surface area contributed by atoms with Gasteiger partial charge in [-0.25, -0.2) is 23.1 Å². The Hall–Kier alpha value is -3.27. The molecule has 1 aromatic carbocycles. The molecule has 170 valence electrons. The molecule has 0 unspecified atom stereocenters. The highest BCUT2D eigenvalue weighted by atomic mass is 19.1. The minimum absolute atomic E-state index is 0.0855. The number of anilines is 1. The number of hydrogen-bond acceptors (Lipinski definition) is 6. The quantitative estimate of drug-likeness (QED) is 0.604. The Morgan fingerprint density at radius 2 is 2.16 bits per heavy atom. The third kappa shape index (κ3) is 4.50. The molecule has 1 atom stereocenters. The highest BCUT2D eigenvalue weighted by molar-refractivity contribution is 5.73. The summed E-state index contributed by atoms with van der Waals surface area (Å²) in [6, 6.07) is 4.85. The summed E-state index contributed by atoms with van der Waals surface area (Å²) >= 11 is 0. The Morgan fingerprint density at radius 1 is 1.34 bits per heavy atom. The molecule has 32 heavy (non-hydrogen) atoms. The second kappa shape index (κ2) is 8.70. The van der Waals surface area contributed by atoms with Crippen LogP contribution in [-0.4, -0.2) is 45.5 Å². The molecule has 1 saturated heterocycles. The van der Waals surface area contributed by atoms with Crippen LogP contribution < -0.4 is 15.0 Å². The zero-order valence-corrected chi connectivity index (χ0v) is 17.9. The molecule has 0 aliphatic carbocycles. The maximum absolute atomic E-state index is 14.4. The number of amides is 1. The van der Waals surface area contributed by atoms with Crippen LogP contribution in [0.3, 0.4) is 0 Å². The van der Waals surface area contributed by atoms with Crippen LogP contribution in [0.15, 0.2) is 36.7 Å². The van der Waals surface area contributed by atoms with Gasteiger partial charge < -0.3 is 20.1 Å². The zero-order chi connectivity index (χ0) is 22.9. The third-order valence-corrected chi connectivity index (χ3v) is 5.53. The molecule has 3 aromatic rings. The number of hydrogen-bond donors (Lipinski definition) is 2. The van der Waals surface area contributed by atoms with Crippen LogP contribution in [0.4, 0.5) is 19.4 Å². The molecule has 0 saturated carbocycles. The molecule has 3 heterocycles. The van der Waals surface area contributed by atoms with Crippen LogP contribution in [0, 0.1) is 17.0 Å². The Balaban J connectivity index is 1.57. The van der Waals surface area contributed by atoms with Gasteiger partial charge in [0.15, 0.2) is 5.75 Å². The van der Waals surface area contributed by atoms with E-state index in [2.05, 4.69) is 15.4 Å². The predicted molar refractivity (Wildman–Crippen MR) is 114 cm³/mol. The summed E-state index contributed by atoms with van der Waals surface area (Å²) in [6.07, 6.45) is 3.85. The van der Waals surface area contributed by atoms with E-state index in [0.29, 0.717) is 30.0 Å². The van der Waals surface area contributed by atoms with E-state index in [1.165, 1.54) is 16.8 Å². The van der Waals surface area contributed by atoms with Crippen LogP contribution in [0.1, 0.15) is 38.3 Å². The molecule has 10 heteroatoms. The topological polar surface area (TPSA) is 92.0 Å². The standard InChI is InChI=1S/C22H25F2N5O3/c1-22(2,13-30)12-25-21(31)32-18-11-26-29-9-7-19(27-20(18)29)28-8-3-4-17(28)15-10-14(23)5-6-16(15)24/h5-7,9-11,17,30H,3-4,8,12-13H2,1-2H3,(H,25,31)/t17-/m1/s1. The van der Waals surface area contributed by atoms with E-state index >= 15 is 0 Å². The minimum Gasteiger partial charge on any atom is -0.405 e. The van der Waals surface area contributed by atoms with Crippen LogP contribution in [0.2, 0.25) is 0 Å². The molecule has 0 spiro atoms. The molecule has 1 aliphatic heterocycles. The molecular weight excluding hydrogens is 420 g/mol. The van der Waals surface area contributed by atoms with Crippen molar-refractivity contribution in [1.29, 1.82) is 0 Å². The Morgan fingerprint density at radius 3 is 2.94 bits per heavy atom. The number of fused-ring (bicyclic) bond motifs is 1. The van der Waals surface area contributed by atoms with Crippen molar-refractivity contribution in [1.82, 2.24) is 19.9 Å². The van der Waals surface area contributed by atoms with Crippen molar-refractivity contribution in [3.8, 4) is 5.75 Å². The number of aliphatic hydroxyl groups excluding tert-OH is 1. The largest absolute Gasteiger partial charge is 0.412 e. The normalized spacial score (nSPS) is 16.5. The van der Waals surface area contributed by atoms with Gasteiger partial charge in [0.05, 0.1) is 12.2 Å². The SMILES string of the molecule is CC(C)(CO)CNC(=O)Oc1cnn2ccc(N3CCC[C@@H]3c3cc(F)ccc3F)nc12. The number of benzene rings is 1. The molecule has 1 fully saturated rings. The molecule has 2 N–H and O–H groups in total. The first kappa shape index (κ1) is 21.9. The zero-order valence-electron chi connectivity index (χ0n) is 17.9. The summed E-state index contributed by atoms with van der Waals surface area (Å²) in [5.74, 6) is -0.228. The van der Waals surface area contributed by atoms with Crippen molar-refractivity contribution in [2.45, 2.75) is 32.7 Å². The number of ether oxygens (including phenoxy) is 1. The van der Waals surface area contributed by atoms with Crippen LogP contribution in [0.25, 0.3) is 5.65 Å². The lowest BCUT2D eigenvalue weighted by molar-refractivity contribution is 0.150. The van der Waals surface area contributed by atoms with Gasteiger partial charge in [0, 0.05) is 36.9 Å². The van der Waals surface area contributed by atoms with Gasteiger partial charge in [0.25, 0.3) is 0 Å². The van der Waals surface area contributed by atoms with Crippen LogP contribution in [0.5, 0.6) is 5.75 Å². The number of carbonyl (C=O) groups is 1. The average molecular weight is 445 g/mol. The average Bonchev–Trinajstić information content (AvgIpc) is 3.41. The lowest BCUT2D eigenvalue weighted by atomic mass is 9.95. The van der Waals surface area contributed by atoms with E-state index in [1.807, 2.05) is 18.7 Å². The van der Waals surface area contributed by atoms with Crippen molar-refractivity contribution >= 4 is 17.6 Å². The van der Waals surface area contributed by atoms with Gasteiger partial charge in [-0.1, -0.05) is 13.8 Å². The Labute approximate surface area is 183 Å². The lowest BCUT2D eigenvalue weighted by Gasteiger charge is -2.26. The summed E-state index contributed by atoms with van der Waals surface area (Å²) in [5.41, 5.74) is 0.132. The van der Waals surface area contributed by atoms with E-state index < -0.39 is 23.1 Å². The van der Waals surface area contributed by atoms with Gasteiger partial charge in [-0.3, -0.25) is 0 Å². The first-order valence-corrected chi connectivity index (χ1v) is 10.4. The third-order valence-electron chi connectivity index (χ3n) is 5.53. The van der Waals surface area contributed by atoms with E-state index in [0.717, 1.165) is 18.6 Å². The van der Waals surface area contributed by atoms with Gasteiger partial charge in [-0.2, -0.15) is 5.10 Å². The highest BCUT2D eigenvalue weighted by Gasteiger charge is 2.30. The van der Waals surface area contributed by atoms with E-state index in [-0.39, 0.29) is 24.9 Å². The maximum atomic E-state index is 14.4. The smallest absolute Gasteiger partial charge is 0.405 e. The number of halogens is 2. The summed E-state index contributed by atoms with van der Waals surface area (Å²) in [6.45, 7) is 4.40. The first-order chi connectivity index (χ1) is 15.3. The molecule has 0 bridgehead atoms. The van der Waals surface area contributed by atoms with Crippen molar-refractivity contribution in [3.63, 3.8) is 0 Å². The Kier molecular flexibility index (Phi) is 5.96. The minimum atomic E-state index is -0.686. The molecule has 0 radical (unpaired) electrons. The van der Waals surface area contributed by atoms with Crippen molar-refractivity contribution < 1.29 is 23.4 Å². The first-order valence-electron chi connectivity index (χ1n) is 10.4. The number of nitrogens with one attached hydrogen (secondary N) is 1. The molecule has 1 aliphatic rings. The van der Waals surface area contributed by atoms with E-state index in [4.69, 9.17) is 4.74 Å². The highest BCUT2D eigenvalue weighted by Crippen LogP contribution is 2.37. The van der Waals surface area contributed by atoms with Crippen molar-refractivity contribution in [2.24, 2.45) is 5.41 Å².